The number of carbonyl (C=O) groups is 2. The molecule has 2 unspecified atom stereocenters. The lowest BCUT2D eigenvalue weighted by Gasteiger charge is -2.20. The van der Waals surface area contributed by atoms with Crippen LogP contribution < -0.4 is 5.32 Å². The number of rotatable bonds is 8. The summed E-state index contributed by atoms with van der Waals surface area (Å²) >= 11 is 0. The van der Waals surface area contributed by atoms with Crippen LogP contribution in [-0.4, -0.2) is 30.6 Å². The molecule has 0 spiro atoms. The molecular formula is C20H21F2NO4. The Morgan fingerprint density at radius 3 is 2.07 bits per heavy atom. The Morgan fingerprint density at radius 2 is 1.52 bits per heavy atom. The van der Waals surface area contributed by atoms with Crippen LogP contribution in [0.15, 0.2) is 60.7 Å². The minimum absolute atomic E-state index is 0.0210. The van der Waals surface area contributed by atoms with Gasteiger partial charge < -0.3 is 14.8 Å². The van der Waals surface area contributed by atoms with Crippen molar-refractivity contribution in [2.24, 2.45) is 0 Å². The topological polar surface area (TPSA) is 64.6 Å². The van der Waals surface area contributed by atoms with Crippen molar-refractivity contribution in [3.05, 3.63) is 71.8 Å². The van der Waals surface area contributed by atoms with Gasteiger partial charge in [-0.15, -0.1) is 0 Å². The zero-order valence-electron chi connectivity index (χ0n) is 14.8. The highest BCUT2D eigenvalue weighted by Crippen LogP contribution is 2.10. The Kier molecular flexibility index (Phi) is 7.73. The molecule has 0 fully saturated rings. The second-order valence-electron chi connectivity index (χ2n) is 5.92. The van der Waals surface area contributed by atoms with Crippen molar-refractivity contribution in [2.45, 2.75) is 38.5 Å². The molecular weight excluding hydrogens is 356 g/mol. The molecule has 144 valence electrons. The van der Waals surface area contributed by atoms with Crippen molar-refractivity contribution in [3.8, 4) is 0 Å². The molecule has 27 heavy (non-hydrogen) atoms. The Hall–Kier alpha value is -2.96. The van der Waals surface area contributed by atoms with Crippen LogP contribution in [0.25, 0.3) is 0 Å². The van der Waals surface area contributed by atoms with Crippen molar-refractivity contribution in [1.82, 2.24) is 5.32 Å². The lowest BCUT2D eigenvalue weighted by atomic mass is 10.1. The van der Waals surface area contributed by atoms with Crippen molar-refractivity contribution in [3.63, 3.8) is 0 Å². The van der Waals surface area contributed by atoms with Crippen LogP contribution in [0.1, 0.15) is 18.1 Å². The number of alkyl halides is 2. The number of esters is 1. The number of hydrogen-bond donors (Lipinski definition) is 1. The van der Waals surface area contributed by atoms with Crippen molar-refractivity contribution < 1.29 is 27.8 Å². The summed E-state index contributed by atoms with van der Waals surface area (Å²) in [5.74, 6) is -0.941. The van der Waals surface area contributed by atoms with Crippen LogP contribution in [0.2, 0.25) is 0 Å². The Morgan fingerprint density at radius 1 is 0.963 bits per heavy atom. The maximum Gasteiger partial charge on any atom is 0.408 e. The molecule has 0 saturated heterocycles. The molecule has 2 rings (SSSR count). The van der Waals surface area contributed by atoms with Crippen molar-refractivity contribution in [2.75, 3.05) is 0 Å². The number of hydrogen-bond acceptors (Lipinski definition) is 4. The predicted octanol–water partition coefficient (Wildman–Crippen LogP) is 3.72. The van der Waals surface area contributed by atoms with E-state index in [1.807, 2.05) is 6.07 Å². The van der Waals surface area contributed by atoms with E-state index in [0.717, 1.165) is 18.1 Å². The fourth-order valence-corrected chi connectivity index (χ4v) is 2.27. The number of amides is 1. The van der Waals surface area contributed by atoms with Gasteiger partial charge in [-0.1, -0.05) is 60.7 Å². The van der Waals surface area contributed by atoms with Crippen LogP contribution in [-0.2, 0) is 27.3 Å². The molecule has 0 radical (unpaired) electrons. The molecule has 0 bridgehead atoms. The first kappa shape index (κ1) is 20.4. The van der Waals surface area contributed by atoms with E-state index in [-0.39, 0.29) is 13.0 Å². The normalized spacial score (nSPS) is 12.9. The second-order valence-corrected chi connectivity index (χ2v) is 5.92. The number of nitrogens with one attached hydrogen (secondary N) is 1. The standard InChI is InChI=1S/C20H21F2NO4/c1-14(18(21)22)27-19(24)17(12-15-8-4-2-5-9-15)23-20(25)26-13-16-10-6-3-7-11-16/h2-11,14,17-18H,12-13H2,1H3,(H,23,25). The van der Waals surface area contributed by atoms with E-state index in [2.05, 4.69) is 5.32 Å². The maximum absolute atomic E-state index is 12.7. The number of benzene rings is 2. The van der Waals surface area contributed by atoms with Gasteiger partial charge in [0.1, 0.15) is 12.6 Å². The minimum atomic E-state index is -2.81. The maximum atomic E-state index is 12.7. The average molecular weight is 377 g/mol. The van der Waals surface area contributed by atoms with Gasteiger partial charge in [-0.25, -0.2) is 18.4 Å². The zero-order valence-corrected chi connectivity index (χ0v) is 14.8. The van der Waals surface area contributed by atoms with Crippen LogP contribution in [0.4, 0.5) is 13.6 Å². The van der Waals surface area contributed by atoms with Crippen molar-refractivity contribution in [1.29, 1.82) is 0 Å². The van der Waals surface area contributed by atoms with Gasteiger partial charge in [0, 0.05) is 6.42 Å². The minimum Gasteiger partial charge on any atom is -0.455 e. The van der Waals surface area contributed by atoms with Crippen LogP contribution >= 0.6 is 0 Å². The summed E-state index contributed by atoms with van der Waals surface area (Å²) in [6, 6.07) is 16.7. The summed E-state index contributed by atoms with van der Waals surface area (Å²) in [6.07, 6.45) is -5.12. The van der Waals surface area contributed by atoms with E-state index in [1.165, 1.54) is 0 Å². The Bertz CT molecular complexity index is 725. The third kappa shape index (κ3) is 7.05. The molecule has 0 saturated carbocycles. The lowest BCUT2D eigenvalue weighted by molar-refractivity contribution is -0.158. The SMILES string of the molecule is CC(OC(=O)C(Cc1ccccc1)NC(=O)OCc1ccccc1)C(F)F. The van der Waals surface area contributed by atoms with Crippen LogP contribution in [0.5, 0.6) is 0 Å². The first-order chi connectivity index (χ1) is 13.0. The summed E-state index contributed by atoms with van der Waals surface area (Å²) in [5, 5.41) is 2.40. The van der Waals surface area contributed by atoms with Crippen molar-refractivity contribution >= 4 is 12.1 Å². The van der Waals surface area contributed by atoms with Gasteiger partial charge >= 0.3 is 12.1 Å². The zero-order chi connectivity index (χ0) is 19.6. The number of ether oxygens (including phenoxy) is 2. The van der Waals surface area contributed by atoms with Crippen LogP contribution in [0, 0.1) is 0 Å². The summed E-state index contributed by atoms with van der Waals surface area (Å²) in [4.78, 5) is 24.3. The number of halogens is 2. The molecule has 1 amide bonds. The molecule has 0 aliphatic rings. The molecule has 1 N–H and O–H groups in total. The van der Waals surface area contributed by atoms with Crippen LogP contribution in [0.3, 0.4) is 0 Å². The molecule has 2 aromatic rings. The van der Waals surface area contributed by atoms with Gasteiger partial charge in [-0.3, -0.25) is 0 Å². The smallest absolute Gasteiger partial charge is 0.408 e. The van der Waals surface area contributed by atoms with E-state index in [1.54, 1.807) is 54.6 Å². The summed E-state index contributed by atoms with van der Waals surface area (Å²) < 4.78 is 35.2. The number of alkyl carbamates (subject to hydrolysis) is 1. The van der Waals surface area contributed by atoms with Gasteiger partial charge in [-0.2, -0.15) is 0 Å². The monoisotopic (exact) mass is 377 g/mol. The van der Waals surface area contributed by atoms with Gasteiger partial charge in [-0.05, 0) is 18.1 Å². The molecule has 5 nitrogen and oxygen atoms in total. The fraction of sp³-hybridized carbons (Fsp3) is 0.300. The molecule has 0 aliphatic heterocycles. The lowest BCUT2D eigenvalue weighted by Crippen LogP contribution is -2.45. The largest absolute Gasteiger partial charge is 0.455 e. The second kappa shape index (κ2) is 10.3. The fourth-order valence-electron chi connectivity index (χ4n) is 2.27. The third-order valence-corrected chi connectivity index (χ3v) is 3.73. The van der Waals surface area contributed by atoms with E-state index in [0.29, 0.717) is 0 Å². The number of carbonyl (C=O) groups excluding carboxylic acids is 2. The first-order valence-corrected chi connectivity index (χ1v) is 8.45. The summed E-state index contributed by atoms with van der Waals surface area (Å²) in [5.41, 5.74) is 1.52. The summed E-state index contributed by atoms with van der Waals surface area (Å²) in [6.45, 7) is 1.11. The highest BCUT2D eigenvalue weighted by molar-refractivity contribution is 5.81. The van der Waals surface area contributed by atoms with E-state index >= 15 is 0 Å². The molecule has 0 aliphatic carbocycles. The van der Waals surface area contributed by atoms with Gasteiger partial charge in [0.2, 0.25) is 0 Å². The molecule has 0 heterocycles. The summed E-state index contributed by atoms with van der Waals surface area (Å²) in [7, 11) is 0. The molecule has 2 atom stereocenters. The average Bonchev–Trinajstić information content (AvgIpc) is 2.67. The highest BCUT2D eigenvalue weighted by Gasteiger charge is 2.28. The first-order valence-electron chi connectivity index (χ1n) is 8.45. The highest BCUT2D eigenvalue weighted by atomic mass is 19.3. The molecule has 7 heteroatoms. The third-order valence-electron chi connectivity index (χ3n) is 3.73. The van der Waals surface area contributed by atoms with E-state index in [9.17, 15) is 18.4 Å². The quantitative estimate of drug-likeness (QED) is 0.712. The molecule has 2 aromatic carbocycles. The molecule has 0 aromatic heterocycles. The van der Waals surface area contributed by atoms with Gasteiger partial charge in [0.05, 0.1) is 0 Å². The Balaban J connectivity index is 1.99. The Labute approximate surface area is 156 Å². The predicted molar refractivity (Wildman–Crippen MR) is 95.3 cm³/mol. The van der Waals surface area contributed by atoms with E-state index < -0.39 is 30.6 Å². The van der Waals surface area contributed by atoms with Gasteiger partial charge in [0.15, 0.2) is 6.10 Å². The van der Waals surface area contributed by atoms with Gasteiger partial charge in [0.25, 0.3) is 6.43 Å². The van der Waals surface area contributed by atoms with E-state index in [4.69, 9.17) is 9.47 Å².